The summed E-state index contributed by atoms with van der Waals surface area (Å²) in [6.07, 6.45) is 0.106. The van der Waals surface area contributed by atoms with Gasteiger partial charge in [0.2, 0.25) is 5.91 Å². The van der Waals surface area contributed by atoms with Gasteiger partial charge in [0.25, 0.3) is 0 Å². The second-order valence-electron chi connectivity index (χ2n) is 3.49. The quantitative estimate of drug-likeness (QED) is 0.813. The number of hydrogen-bond acceptors (Lipinski definition) is 3. The van der Waals surface area contributed by atoms with Gasteiger partial charge in [0.15, 0.2) is 0 Å². The fraction of sp³-hybridized carbons (Fsp3) is 0.455. The zero-order chi connectivity index (χ0) is 12.1. The number of carboxylic acid groups (broad SMARTS) is 1. The molecule has 0 unspecified atom stereocenters. The number of nitrogens with zero attached hydrogens (tertiary/aromatic N) is 1. The Hall–Kier alpha value is -1.78. The largest absolute Gasteiger partial charge is 0.480 e. The number of aliphatic carboxylic acids is 1. The average molecular weight is 225 g/mol. The highest BCUT2D eigenvalue weighted by Crippen LogP contribution is 2.08. The highest BCUT2D eigenvalue weighted by molar-refractivity contribution is 5.82. The molecule has 5 heteroatoms. The zero-order valence-corrected chi connectivity index (χ0v) is 9.40. The van der Waals surface area contributed by atoms with Gasteiger partial charge in [0.1, 0.15) is 18.1 Å². The standard InChI is InChI=1S/C11H15NO4/c1-3-12(7-11(14)15)10(13)6-9-5-4-8(2)16-9/h4-5H,3,6-7H2,1-2H3,(H,14,15). The predicted octanol–water partition coefficient (Wildman–Crippen LogP) is 1.06. The van der Waals surface area contributed by atoms with Gasteiger partial charge in [-0.3, -0.25) is 9.59 Å². The summed E-state index contributed by atoms with van der Waals surface area (Å²) in [4.78, 5) is 23.5. The molecule has 0 aliphatic carbocycles. The van der Waals surface area contributed by atoms with E-state index in [-0.39, 0.29) is 18.9 Å². The van der Waals surface area contributed by atoms with Crippen molar-refractivity contribution < 1.29 is 19.1 Å². The maximum atomic E-state index is 11.7. The van der Waals surface area contributed by atoms with Crippen LogP contribution in [0.3, 0.4) is 0 Å². The third kappa shape index (κ3) is 3.42. The number of carboxylic acids is 1. The highest BCUT2D eigenvalue weighted by atomic mass is 16.4. The Morgan fingerprint density at radius 1 is 1.44 bits per heavy atom. The summed E-state index contributed by atoms with van der Waals surface area (Å²) in [6.45, 7) is 3.65. The van der Waals surface area contributed by atoms with Gasteiger partial charge in [-0.15, -0.1) is 0 Å². The predicted molar refractivity (Wildman–Crippen MR) is 57.0 cm³/mol. The smallest absolute Gasteiger partial charge is 0.323 e. The van der Waals surface area contributed by atoms with Gasteiger partial charge in [0.05, 0.1) is 6.42 Å². The number of hydrogen-bond donors (Lipinski definition) is 1. The zero-order valence-electron chi connectivity index (χ0n) is 9.40. The minimum absolute atomic E-state index is 0.106. The molecule has 1 heterocycles. The number of carbonyl (C=O) groups excluding carboxylic acids is 1. The molecule has 0 atom stereocenters. The monoisotopic (exact) mass is 225 g/mol. The Morgan fingerprint density at radius 3 is 2.56 bits per heavy atom. The number of likely N-dealkylation sites (N-methyl/N-ethyl adjacent to an activating group) is 1. The van der Waals surface area contributed by atoms with Gasteiger partial charge in [0, 0.05) is 6.54 Å². The van der Waals surface area contributed by atoms with Gasteiger partial charge in [-0.25, -0.2) is 0 Å². The molecule has 1 aromatic heterocycles. The van der Waals surface area contributed by atoms with Crippen LogP contribution in [0.2, 0.25) is 0 Å². The molecule has 0 aliphatic heterocycles. The number of furan rings is 1. The molecule has 0 fully saturated rings. The van der Waals surface area contributed by atoms with Crippen LogP contribution in [0.4, 0.5) is 0 Å². The van der Waals surface area contributed by atoms with Gasteiger partial charge in [-0.1, -0.05) is 0 Å². The second-order valence-corrected chi connectivity index (χ2v) is 3.49. The molecule has 0 bridgehead atoms. The van der Waals surface area contributed by atoms with Gasteiger partial charge in [-0.2, -0.15) is 0 Å². The van der Waals surface area contributed by atoms with Crippen molar-refractivity contribution in [1.29, 1.82) is 0 Å². The molecule has 0 saturated heterocycles. The van der Waals surface area contributed by atoms with Crippen LogP contribution in [-0.2, 0) is 16.0 Å². The maximum Gasteiger partial charge on any atom is 0.323 e. The van der Waals surface area contributed by atoms with E-state index in [1.807, 2.05) is 0 Å². The lowest BCUT2D eigenvalue weighted by molar-refractivity contribution is -0.144. The molecule has 5 nitrogen and oxygen atoms in total. The molecule has 0 aromatic carbocycles. The normalized spacial score (nSPS) is 10.1. The molecule has 0 radical (unpaired) electrons. The first-order valence-corrected chi connectivity index (χ1v) is 5.07. The van der Waals surface area contributed by atoms with Crippen molar-refractivity contribution in [1.82, 2.24) is 4.90 Å². The summed E-state index contributed by atoms with van der Waals surface area (Å²) in [5.74, 6) is 0.0560. The van der Waals surface area contributed by atoms with Crippen molar-refractivity contribution in [2.45, 2.75) is 20.3 Å². The molecule has 0 aliphatic rings. The molecular weight excluding hydrogens is 210 g/mol. The van der Waals surface area contributed by atoms with Crippen LogP contribution < -0.4 is 0 Å². The van der Waals surface area contributed by atoms with E-state index in [0.29, 0.717) is 12.3 Å². The maximum absolute atomic E-state index is 11.7. The number of amides is 1. The molecule has 1 rings (SSSR count). The molecule has 16 heavy (non-hydrogen) atoms. The van der Waals surface area contributed by atoms with Crippen molar-refractivity contribution in [3.05, 3.63) is 23.7 Å². The Morgan fingerprint density at radius 2 is 2.12 bits per heavy atom. The van der Waals surface area contributed by atoms with Crippen LogP contribution in [-0.4, -0.2) is 35.0 Å². The Labute approximate surface area is 93.7 Å². The first-order valence-electron chi connectivity index (χ1n) is 5.07. The lowest BCUT2D eigenvalue weighted by Crippen LogP contribution is -2.36. The van der Waals surface area contributed by atoms with Crippen molar-refractivity contribution in [3.8, 4) is 0 Å². The van der Waals surface area contributed by atoms with Crippen LogP contribution in [0.15, 0.2) is 16.5 Å². The molecule has 1 aromatic rings. The molecule has 0 saturated carbocycles. The van der Waals surface area contributed by atoms with E-state index in [1.54, 1.807) is 26.0 Å². The Bertz CT molecular complexity index is 383. The summed E-state index contributed by atoms with van der Waals surface area (Å²) < 4.78 is 5.26. The number of carbonyl (C=O) groups is 2. The topological polar surface area (TPSA) is 70.8 Å². The SMILES string of the molecule is CCN(CC(=O)O)C(=O)Cc1ccc(C)o1. The first kappa shape index (κ1) is 12.3. The molecular formula is C11H15NO4. The Kier molecular flexibility index (Phi) is 4.10. The van der Waals surface area contributed by atoms with Gasteiger partial charge in [-0.05, 0) is 26.0 Å². The second kappa shape index (κ2) is 5.34. The molecule has 88 valence electrons. The van der Waals surface area contributed by atoms with Gasteiger partial charge >= 0.3 is 5.97 Å². The van der Waals surface area contributed by atoms with E-state index in [0.717, 1.165) is 5.76 Å². The van der Waals surface area contributed by atoms with Crippen LogP contribution in [0.25, 0.3) is 0 Å². The van der Waals surface area contributed by atoms with E-state index < -0.39 is 5.97 Å². The summed E-state index contributed by atoms with van der Waals surface area (Å²) >= 11 is 0. The highest BCUT2D eigenvalue weighted by Gasteiger charge is 2.16. The van der Waals surface area contributed by atoms with Crippen molar-refractivity contribution in [2.24, 2.45) is 0 Å². The average Bonchev–Trinajstić information content (AvgIpc) is 2.60. The first-order chi connectivity index (χ1) is 7.52. The van der Waals surface area contributed by atoms with Gasteiger partial charge < -0.3 is 14.4 Å². The van der Waals surface area contributed by atoms with E-state index in [1.165, 1.54) is 4.90 Å². The number of rotatable bonds is 5. The Balaban J connectivity index is 2.59. The fourth-order valence-corrected chi connectivity index (χ4v) is 1.38. The summed E-state index contributed by atoms with van der Waals surface area (Å²) in [5, 5.41) is 8.62. The van der Waals surface area contributed by atoms with Crippen LogP contribution in [0.1, 0.15) is 18.4 Å². The minimum atomic E-state index is -1.01. The van der Waals surface area contributed by atoms with E-state index >= 15 is 0 Å². The van der Waals surface area contributed by atoms with Crippen molar-refractivity contribution in [3.63, 3.8) is 0 Å². The van der Waals surface area contributed by atoms with Crippen molar-refractivity contribution >= 4 is 11.9 Å². The molecule has 1 N–H and O–H groups in total. The lowest BCUT2D eigenvalue weighted by Gasteiger charge is -2.17. The van der Waals surface area contributed by atoms with Crippen LogP contribution >= 0.6 is 0 Å². The summed E-state index contributed by atoms with van der Waals surface area (Å²) in [6, 6.07) is 3.50. The van der Waals surface area contributed by atoms with E-state index in [2.05, 4.69) is 0 Å². The van der Waals surface area contributed by atoms with E-state index in [4.69, 9.17) is 9.52 Å². The van der Waals surface area contributed by atoms with Crippen molar-refractivity contribution in [2.75, 3.05) is 13.1 Å². The van der Waals surface area contributed by atoms with E-state index in [9.17, 15) is 9.59 Å². The third-order valence-electron chi connectivity index (χ3n) is 2.18. The number of aryl methyl sites for hydroxylation is 1. The summed E-state index contributed by atoms with van der Waals surface area (Å²) in [5.41, 5.74) is 0. The van der Waals surface area contributed by atoms with Crippen LogP contribution in [0.5, 0.6) is 0 Å². The fourth-order valence-electron chi connectivity index (χ4n) is 1.38. The van der Waals surface area contributed by atoms with Crippen LogP contribution in [0, 0.1) is 6.92 Å². The third-order valence-corrected chi connectivity index (χ3v) is 2.18. The molecule has 1 amide bonds. The minimum Gasteiger partial charge on any atom is -0.480 e. The summed E-state index contributed by atoms with van der Waals surface area (Å²) in [7, 11) is 0. The molecule has 0 spiro atoms. The lowest BCUT2D eigenvalue weighted by atomic mass is 10.3.